The van der Waals surface area contributed by atoms with Gasteiger partial charge in [-0.1, -0.05) is 13.8 Å². The number of nitrogens with zero attached hydrogens (tertiary/aromatic N) is 1. The van der Waals surface area contributed by atoms with Crippen molar-refractivity contribution in [2.45, 2.75) is 45.8 Å². The molecule has 0 amide bonds. The van der Waals surface area contributed by atoms with Crippen LogP contribution in [0.15, 0.2) is 0 Å². The van der Waals surface area contributed by atoms with Crippen LogP contribution in [0.2, 0.25) is 0 Å². The number of ether oxygens (including phenoxy) is 1. The van der Waals surface area contributed by atoms with Crippen LogP contribution in [-0.2, 0) is 4.74 Å². The predicted octanol–water partition coefficient (Wildman–Crippen LogP) is 1.47. The summed E-state index contributed by atoms with van der Waals surface area (Å²) in [6.45, 7) is 10.6. The van der Waals surface area contributed by atoms with Crippen LogP contribution in [0.1, 0.15) is 33.6 Å². The lowest BCUT2D eigenvalue weighted by molar-refractivity contribution is -0.0723. The van der Waals surface area contributed by atoms with Gasteiger partial charge in [0.25, 0.3) is 0 Å². The molecular formula is C12H26N2O. The van der Waals surface area contributed by atoms with Gasteiger partial charge in [0, 0.05) is 19.6 Å². The number of hydrogen-bond donors (Lipinski definition) is 1. The third kappa shape index (κ3) is 4.96. The predicted molar refractivity (Wildman–Crippen MR) is 63.9 cm³/mol. The van der Waals surface area contributed by atoms with Crippen LogP contribution in [0.5, 0.6) is 0 Å². The Kier molecular flexibility index (Phi) is 5.58. The normalized spacial score (nSPS) is 28.6. The largest absolute Gasteiger partial charge is 0.371 e. The minimum absolute atomic E-state index is 0.243. The average molecular weight is 214 g/mol. The van der Waals surface area contributed by atoms with Crippen molar-refractivity contribution in [1.29, 1.82) is 0 Å². The lowest BCUT2D eigenvalue weighted by Crippen LogP contribution is -2.49. The molecule has 1 saturated heterocycles. The van der Waals surface area contributed by atoms with E-state index in [0.717, 1.165) is 19.0 Å². The number of nitrogens with two attached hydrogens (primary N) is 1. The first-order chi connectivity index (χ1) is 7.11. The maximum Gasteiger partial charge on any atom is 0.0828 e. The van der Waals surface area contributed by atoms with Gasteiger partial charge >= 0.3 is 0 Å². The molecule has 2 atom stereocenters. The molecule has 2 unspecified atom stereocenters. The molecule has 0 spiro atoms. The van der Waals surface area contributed by atoms with Crippen molar-refractivity contribution >= 4 is 0 Å². The smallest absolute Gasteiger partial charge is 0.0828 e. The van der Waals surface area contributed by atoms with E-state index in [9.17, 15) is 0 Å². The molecular weight excluding hydrogens is 188 g/mol. The van der Waals surface area contributed by atoms with Gasteiger partial charge in [0.2, 0.25) is 0 Å². The molecule has 1 aliphatic rings. The minimum atomic E-state index is 0.243. The third-order valence-corrected chi connectivity index (χ3v) is 2.92. The number of hydrogen-bond acceptors (Lipinski definition) is 3. The first kappa shape index (κ1) is 12.9. The molecule has 0 aromatic carbocycles. The molecule has 1 heterocycles. The average Bonchev–Trinajstić information content (AvgIpc) is 2.16. The summed E-state index contributed by atoms with van der Waals surface area (Å²) < 4.78 is 5.73. The summed E-state index contributed by atoms with van der Waals surface area (Å²) in [5.41, 5.74) is 5.65. The molecule has 0 bridgehead atoms. The minimum Gasteiger partial charge on any atom is -0.371 e. The molecule has 0 aromatic rings. The summed E-state index contributed by atoms with van der Waals surface area (Å²) in [5, 5.41) is 0. The van der Waals surface area contributed by atoms with Crippen LogP contribution in [-0.4, -0.2) is 43.3 Å². The van der Waals surface area contributed by atoms with E-state index in [4.69, 9.17) is 10.5 Å². The van der Waals surface area contributed by atoms with Gasteiger partial charge in [-0.3, -0.25) is 4.90 Å². The van der Waals surface area contributed by atoms with E-state index in [1.54, 1.807) is 0 Å². The standard InChI is InChI=1S/C12H26N2O/c1-10(2)5-4-6-14-8-11(3)15-12(7-13)9-14/h10-12H,4-9,13H2,1-3H3. The maximum atomic E-state index is 5.73. The quantitative estimate of drug-likeness (QED) is 0.753. The topological polar surface area (TPSA) is 38.5 Å². The van der Waals surface area contributed by atoms with Crippen molar-refractivity contribution in [2.75, 3.05) is 26.2 Å². The molecule has 3 heteroatoms. The Balaban J connectivity index is 2.22. The maximum absolute atomic E-state index is 5.73. The number of morpholine rings is 1. The summed E-state index contributed by atoms with van der Waals surface area (Å²) in [4.78, 5) is 2.49. The molecule has 1 rings (SSSR count). The van der Waals surface area contributed by atoms with Gasteiger partial charge in [0.15, 0.2) is 0 Å². The molecule has 90 valence electrons. The summed E-state index contributed by atoms with van der Waals surface area (Å²) in [7, 11) is 0. The number of rotatable bonds is 5. The Morgan fingerprint density at radius 1 is 1.40 bits per heavy atom. The van der Waals surface area contributed by atoms with Crippen molar-refractivity contribution in [3.63, 3.8) is 0 Å². The summed E-state index contributed by atoms with van der Waals surface area (Å²) in [5.74, 6) is 0.814. The summed E-state index contributed by atoms with van der Waals surface area (Å²) >= 11 is 0. The van der Waals surface area contributed by atoms with Gasteiger partial charge in [-0.25, -0.2) is 0 Å². The first-order valence-electron chi connectivity index (χ1n) is 6.19. The van der Waals surface area contributed by atoms with E-state index in [1.165, 1.54) is 19.4 Å². The SMILES string of the molecule is CC(C)CCCN1CC(C)OC(CN)C1. The van der Waals surface area contributed by atoms with Crippen LogP contribution in [0.25, 0.3) is 0 Å². The molecule has 0 radical (unpaired) electrons. The van der Waals surface area contributed by atoms with Crippen LogP contribution in [0, 0.1) is 5.92 Å². The van der Waals surface area contributed by atoms with Gasteiger partial charge in [-0.2, -0.15) is 0 Å². The van der Waals surface area contributed by atoms with Gasteiger partial charge in [0.1, 0.15) is 0 Å². The lowest BCUT2D eigenvalue weighted by atomic mass is 10.1. The molecule has 3 nitrogen and oxygen atoms in total. The fraction of sp³-hybridized carbons (Fsp3) is 1.00. The lowest BCUT2D eigenvalue weighted by Gasteiger charge is -2.36. The highest BCUT2D eigenvalue weighted by molar-refractivity contribution is 4.76. The fourth-order valence-corrected chi connectivity index (χ4v) is 2.18. The Morgan fingerprint density at radius 3 is 2.73 bits per heavy atom. The van der Waals surface area contributed by atoms with Crippen LogP contribution >= 0.6 is 0 Å². The molecule has 15 heavy (non-hydrogen) atoms. The van der Waals surface area contributed by atoms with Gasteiger partial charge in [0.05, 0.1) is 12.2 Å². The Labute approximate surface area is 94.0 Å². The zero-order valence-electron chi connectivity index (χ0n) is 10.4. The highest BCUT2D eigenvalue weighted by atomic mass is 16.5. The second-order valence-electron chi connectivity index (χ2n) is 5.10. The Bertz CT molecular complexity index is 173. The van der Waals surface area contributed by atoms with E-state index < -0.39 is 0 Å². The zero-order valence-corrected chi connectivity index (χ0v) is 10.4. The molecule has 0 aliphatic carbocycles. The van der Waals surface area contributed by atoms with Gasteiger partial charge in [-0.15, -0.1) is 0 Å². The summed E-state index contributed by atoms with van der Waals surface area (Å²) in [6.07, 6.45) is 3.19. The highest BCUT2D eigenvalue weighted by Crippen LogP contribution is 2.12. The van der Waals surface area contributed by atoms with E-state index >= 15 is 0 Å². The van der Waals surface area contributed by atoms with Crippen molar-refractivity contribution in [2.24, 2.45) is 11.7 Å². The van der Waals surface area contributed by atoms with Crippen molar-refractivity contribution < 1.29 is 4.74 Å². The molecule has 0 aromatic heterocycles. The zero-order chi connectivity index (χ0) is 11.3. The molecule has 1 fully saturated rings. The molecule has 0 saturated carbocycles. The summed E-state index contributed by atoms with van der Waals surface area (Å²) in [6, 6.07) is 0. The second kappa shape index (κ2) is 6.46. The van der Waals surface area contributed by atoms with Crippen molar-refractivity contribution in [1.82, 2.24) is 4.90 Å². The van der Waals surface area contributed by atoms with Crippen molar-refractivity contribution in [3.05, 3.63) is 0 Å². The van der Waals surface area contributed by atoms with Crippen LogP contribution in [0.3, 0.4) is 0 Å². The van der Waals surface area contributed by atoms with E-state index in [2.05, 4.69) is 25.7 Å². The highest BCUT2D eigenvalue weighted by Gasteiger charge is 2.23. The van der Waals surface area contributed by atoms with E-state index in [1.807, 2.05) is 0 Å². The molecule has 1 aliphatic heterocycles. The molecule has 2 N–H and O–H groups in total. The van der Waals surface area contributed by atoms with Crippen LogP contribution < -0.4 is 5.73 Å². The van der Waals surface area contributed by atoms with E-state index in [-0.39, 0.29) is 6.10 Å². The van der Waals surface area contributed by atoms with Crippen molar-refractivity contribution in [3.8, 4) is 0 Å². The van der Waals surface area contributed by atoms with Gasteiger partial charge in [-0.05, 0) is 32.2 Å². The fourth-order valence-electron chi connectivity index (χ4n) is 2.18. The Morgan fingerprint density at radius 2 is 2.13 bits per heavy atom. The third-order valence-electron chi connectivity index (χ3n) is 2.92. The first-order valence-corrected chi connectivity index (χ1v) is 6.19. The Hall–Kier alpha value is -0.120. The monoisotopic (exact) mass is 214 g/mol. The van der Waals surface area contributed by atoms with E-state index in [0.29, 0.717) is 12.6 Å². The van der Waals surface area contributed by atoms with Crippen LogP contribution in [0.4, 0.5) is 0 Å². The van der Waals surface area contributed by atoms with Gasteiger partial charge < -0.3 is 10.5 Å². The second-order valence-corrected chi connectivity index (χ2v) is 5.10.